The number of methoxy groups -OCH3 is 1. The van der Waals surface area contributed by atoms with Crippen LogP contribution in [0, 0.1) is 5.82 Å². The van der Waals surface area contributed by atoms with Crippen molar-refractivity contribution in [2.75, 3.05) is 12.4 Å². The van der Waals surface area contributed by atoms with Gasteiger partial charge in [0, 0.05) is 40.5 Å². The molecule has 0 bridgehead atoms. The first-order valence-corrected chi connectivity index (χ1v) is 13.1. The molecule has 3 N–H and O–H groups in total. The summed E-state index contributed by atoms with van der Waals surface area (Å²) in [4.78, 5) is 24.6. The molecule has 0 spiro atoms. The third-order valence-electron chi connectivity index (χ3n) is 6.86. The van der Waals surface area contributed by atoms with E-state index < -0.39 is 0 Å². The van der Waals surface area contributed by atoms with Crippen LogP contribution >= 0.6 is 0 Å². The van der Waals surface area contributed by atoms with Crippen molar-refractivity contribution in [3.05, 3.63) is 79.0 Å². The Labute approximate surface area is 229 Å². The summed E-state index contributed by atoms with van der Waals surface area (Å²) in [6.07, 6.45) is 7.36. The van der Waals surface area contributed by atoms with E-state index in [-0.39, 0.29) is 11.7 Å². The summed E-state index contributed by atoms with van der Waals surface area (Å²) in [7, 11) is 1.52. The zero-order chi connectivity index (χ0) is 27.6. The number of amides is 1. The molecule has 4 aromatic heterocycles. The summed E-state index contributed by atoms with van der Waals surface area (Å²) in [5.74, 6) is 0.0656. The van der Waals surface area contributed by atoms with E-state index in [9.17, 15) is 9.18 Å². The van der Waals surface area contributed by atoms with Crippen LogP contribution in [0.25, 0.3) is 55.6 Å². The Morgan fingerprint density at radius 2 is 1.90 bits per heavy atom. The topological polar surface area (TPSA) is 109 Å². The number of aromatic amines is 2. The minimum atomic E-state index is -0.362. The molecule has 6 rings (SSSR count). The number of unbranched alkanes of at least 4 members (excludes halogenated alkanes) is 1. The average Bonchev–Trinajstić information content (AvgIpc) is 3.59. The van der Waals surface area contributed by atoms with Gasteiger partial charge in [-0.3, -0.25) is 19.9 Å². The second-order valence-electron chi connectivity index (χ2n) is 9.63. The first-order valence-electron chi connectivity index (χ1n) is 13.1. The molecule has 0 radical (unpaired) electrons. The average molecular weight is 535 g/mol. The maximum atomic E-state index is 14.3. The molecule has 6 aromatic rings. The monoisotopic (exact) mass is 534 g/mol. The molecule has 0 fully saturated rings. The molecule has 2 aromatic carbocycles. The van der Waals surface area contributed by atoms with Crippen LogP contribution < -0.4 is 10.1 Å². The Hall–Kier alpha value is -5.05. The predicted molar refractivity (Wildman–Crippen MR) is 155 cm³/mol. The zero-order valence-corrected chi connectivity index (χ0v) is 22.1. The number of benzene rings is 2. The van der Waals surface area contributed by atoms with E-state index in [0.29, 0.717) is 23.6 Å². The van der Waals surface area contributed by atoms with Crippen molar-refractivity contribution >= 4 is 33.4 Å². The summed E-state index contributed by atoms with van der Waals surface area (Å²) < 4.78 is 19.6. The van der Waals surface area contributed by atoms with E-state index in [4.69, 9.17) is 4.74 Å². The molecule has 0 saturated carbocycles. The number of carbonyl (C=O) groups is 1. The van der Waals surface area contributed by atoms with Crippen LogP contribution in [0.1, 0.15) is 26.2 Å². The van der Waals surface area contributed by atoms with Crippen molar-refractivity contribution in [1.82, 2.24) is 25.1 Å². The molecule has 200 valence electrons. The zero-order valence-electron chi connectivity index (χ0n) is 22.1. The fourth-order valence-electron chi connectivity index (χ4n) is 4.86. The van der Waals surface area contributed by atoms with Crippen LogP contribution in [0.3, 0.4) is 0 Å². The van der Waals surface area contributed by atoms with E-state index in [1.165, 1.54) is 19.2 Å². The van der Waals surface area contributed by atoms with Crippen LogP contribution in [0.5, 0.6) is 5.75 Å². The highest BCUT2D eigenvalue weighted by Gasteiger charge is 2.16. The summed E-state index contributed by atoms with van der Waals surface area (Å²) in [6, 6.07) is 16.4. The van der Waals surface area contributed by atoms with Gasteiger partial charge < -0.3 is 15.0 Å². The number of pyridine rings is 2. The number of nitrogens with one attached hydrogen (secondary N) is 3. The van der Waals surface area contributed by atoms with E-state index in [0.717, 1.165) is 62.7 Å². The van der Waals surface area contributed by atoms with Crippen molar-refractivity contribution in [1.29, 1.82) is 0 Å². The van der Waals surface area contributed by atoms with E-state index in [1.54, 1.807) is 18.6 Å². The number of carbonyl (C=O) groups excluding carboxylic acids is 1. The summed E-state index contributed by atoms with van der Waals surface area (Å²) in [5.41, 5.74) is 6.94. The van der Waals surface area contributed by atoms with Crippen LogP contribution in [0.4, 0.5) is 10.1 Å². The Morgan fingerprint density at radius 3 is 2.75 bits per heavy atom. The third kappa shape index (κ3) is 4.89. The van der Waals surface area contributed by atoms with Gasteiger partial charge in [-0.15, -0.1) is 0 Å². The minimum absolute atomic E-state index is 0.0313. The lowest BCUT2D eigenvalue weighted by molar-refractivity contribution is -0.116. The fraction of sp³-hybridized carbons (Fsp3) is 0.161. The number of hydrogen-bond acceptors (Lipinski definition) is 5. The predicted octanol–water partition coefficient (Wildman–Crippen LogP) is 7.11. The second kappa shape index (κ2) is 10.6. The maximum Gasteiger partial charge on any atom is 0.224 e. The molecule has 0 atom stereocenters. The standard InChI is InChI=1S/C31H27FN6O2/c1-3-4-8-30(39)35-21-10-19(15-33-16-21)27-14-25-29(17-34-27)37-38-31(25)28-13-24-23(6-5-7-26(24)36-28)18-9-20(32)12-22(11-18)40-2/h5-7,9-17,36H,3-4,8H2,1-2H3,(H,35,39)(H,37,38). The van der Waals surface area contributed by atoms with Gasteiger partial charge in [0.15, 0.2) is 0 Å². The molecule has 0 unspecified atom stereocenters. The first-order chi connectivity index (χ1) is 19.5. The Balaban J connectivity index is 1.38. The molecule has 0 aliphatic carbocycles. The van der Waals surface area contributed by atoms with Crippen LogP contribution in [-0.2, 0) is 4.79 Å². The highest BCUT2D eigenvalue weighted by Crippen LogP contribution is 2.36. The minimum Gasteiger partial charge on any atom is -0.497 e. The Kier molecular flexibility index (Phi) is 6.69. The van der Waals surface area contributed by atoms with E-state index >= 15 is 0 Å². The van der Waals surface area contributed by atoms with Gasteiger partial charge in [-0.25, -0.2) is 4.39 Å². The summed E-state index contributed by atoms with van der Waals surface area (Å²) >= 11 is 0. The SMILES string of the molecule is CCCCC(=O)Nc1cncc(-c2cc3c(-c4cc5c(-c6cc(F)cc(OC)c6)cccc5[nH]4)n[nH]c3cn2)c1. The largest absolute Gasteiger partial charge is 0.497 e. The van der Waals surface area contributed by atoms with Crippen LogP contribution in [0.15, 0.2) is 73.2 Å². The molecule has 4 heterocycles. The van der Waals surface area contributed by atoms with Gasteiger partial charge in [0.05, 0.1) is 42.1 Å². The second-order valence-corrected chi connectivity index (χ2v) is 9.63. The van der Waals surface area contributed by atoms with Gasteiger partial charge in [-0.05, 0) is 53.9 Å². The normalized spacial score (nSPS) is 11.3. The van der Waals surface area contributed by atoms with Crippen LogP contribution in [0.2, 0.25) is 0 Å². The molecule has 40 heavy (non-hydrogen) atoms. The van der Waals surface area contributed by atoms with Crippen molar-refractivity contribution in [2.24, 2.45) is 0 Å². The number of ether oxygens (including phenoxy) is 1. The summed E-state index contributed by atoms with van der Waals surface area (Å²) in [5, 5.41) is 12.4. The number of halogens is 1. The molecule has 1 amide bonds. The lowest BCUT2D eigenvalue weighted by atomic mass is 10.0. The molecule has 9 heteroatoms. The van der Waals surface area contributed by atoms with Crippen molar-refractivity contribution in [2.45, 2.75) is 26.2 Å². The van der Waals surface area contributed by atoms with Gasteiger partial charge >= 0.3 is 0 Å². The molecular formula is C31H27FN6O2. The van der Waals surface area contributed by atoms with Crippen molar-refractivity contribution < 1.29 is 13.9 Å². The van der Waals surface area contributed by atoms with Gasteiger partial charge in [0.2, 0.25) is 5.91 Å². The molecule has 0 saturated heterocycles. The number of rotatable bonds is 8. The van der Waals surface area contributed by atoms with Gasteiger partial charge in [0.1, 0.15) is 17.3 Å². The summed E-state index contributed by atoms with van der Waals surface area (Å²) in [6.45, 7) is 2.05. The number of aromatic nitrogens is 5. The molecular weight excluding hydrogens is 507 g/mol. The van der Waals surface area contributed by atoms with Crippen molar-refractivity contribution in [3.63, 3.8) is 0 Å². The smallest absolute Gasteiger partial charge is 0.224 e. The van der Waals surface area contributed by atoms with Crippen molar-refractivity contribution in [3.8, 4) is 39.5 Å². The van der Waals surface area contributed by atoms with E-state index in [2.05, 4.69) is 37.4 Å². The van der Waals surface area contributed by atoms with Gasteiger partial charge in [0.25, 0.3) is 0 Å². The number of H-pyrrole nitrogens is 2. The third-order valence-corrected chi connectivity index (χ3v) is 6.86. The Bertz CT molecular complexity index is 1860. The van der Waals surface area contributed by atoms with E-state index in [1.807, 2.05) is 42.5 Å². The molecule has 0 aliphatic heterocycles. The quantitative estimate of drug-likeness (QED) is 0.193. The fourth-order valence-corrected chi connectivity index (χ4v) is 4.86. The maximum absolute atomic E-state index is 14.3. The van der Waals surface area contributed by atoms with Gasteiger partial charge in [-0.1, -0.05) is 25.5 Å². The van der Waals surface area contributed by atoms with Crippen LogP contribution in [-0.4, -0.2) is 38.2 Å². The lowest BCUT2D eigenvalue weighted by Gasteiger charge is -2.07. The molecule has 8 nitrogen and oxygen atoms in total. The number of hydrogen-bond donors (Lipinski definition) is 3. The molecule has 0 aliphatic rings. The number of nitrogens with zero attached hydrogens (tertiary/aromatic N) is 3. The highest BCUT2D eigenvalue weighted by molar-refractivity contribution is 6.01. The number of fused-ring (bicyclic) bond motifs is 2. The lowest BCUT2D eigenvalue weighted by Crippen LogP contribution is -2.11. The Morgan fingerprint density at radius 1 is 1.00 bits per heavy atom. The number of anilines is 1. The van der Waals surface area contributed by atoms with Gasteiger partial charge in [-0.2, -0.15) is 5.10 Å². The first kappa shape index (κ1) is 25.2. The highest BCUT2D eigenvalue weighted by atomic mass is 19.1.